The maximum atomic E-state index is 2.37. The predicted octanol–water partition coefficient (Wildman–Crippen LogP) is 12.6. The quantitative estimate of drug-likeness (QED) is 0.149. The Balaban J connectivity index is 1.31. The molecule has 1 heteroatoms. The van der Waals surface area contributed by atoms with Gasteiger partial charge in [-0.2, -0.15) is 0 Å². The van der Waals surface area contributed by atoms with Crippen LogP contribution in [-0.4, -0.2) is 15.4 Å². The molecule has 0 saturated heterocycles. The molecule has 10 aromatic carbocycles. The van der Waals surface area contributed by atoms with E-state index in [0.29, 0.717) is 0 Å². The van der Waals surface area contributed by atoms with Gasteiger partial charge in [-0.25, -0.2) is 0 Å². The minimum absolute atomic E-state index is 0.997. The Bertz CT molecular complexity index is 2570. The molecule has 2 radical (unpaired) electrons. The van der Waals surface area contributed by atoms with Gasteiger partial charge in [0.25, 0.3) is 0 Å². The molecule has 0 spiro atoms. The van der Waals surface area contributed by atoms with Gasteiger partial charge in [-0.3, -0.25) is 0 Å². The van der Waals surface area contributed by atoms with E-state index in [4.69, 9.17) is 0 Å². The molecule has 0 aromatic heterocycles. The molecule has 246 valence electrons. The maximum absolute atomic E-state index is 2.37. The van der Waals surface area contributed by atoms with Gasteiger partial charge in [-0.15, -0.1) is 0 Å². The number of benzene rings is 10. The minimum atomic E-state index is -0.997. The molecule has 10 aromatic rings. The van der Waals surface area contributed by atoms with Crippen LogP contribution in [0.2, 0.25) is 0 Å². The van der Waals surface area contributed by atoms with Crippen LogP contribution in [0.5, 0.6) is 0 Å². The van der Waals surface area contributed by atoms with Crippen molar-refractivity contribution in [1.82, 2.24) is 0 Å². The van der Waals surface area contributed by atoms with Gasteiger partial charge in [0.2, 0.25) is 0 Å². The third kappa shape index (κ3) is 5.55. The van der Waals surface area contributed by atoms with Crippen LogP contribution in [0.25, 0.3) is 87.6 Å². The average molecular weight is 731 g/mol. The van der Waals surface area contributed by atoms with Crippen LogP contribution < -0.4 is 8.79 Å². The van der Waals surface area contributed by atoms with Crippen molar-refractivity contribution in [3.8, 4) is 44.5 Å². The van der Waals surface area contributed by atoms with Crippen LogP contribution in [-0.2, 0) is 0 Å². The molecule has 0 unspecified atom stereocenters. The SMILES string of the molecule is c1cc(-c2cccc3ccccc23)[c]([Ge][c]2c(-c3cccc4ccccc34)cccc2-c2cccc3ccccc23)c(-c2cccc3ccccc23)c1. The van der Waals surface area contributed by atoms with E-state index in [2.05, 4.69) is 206 Å². The normalized spacial score (nSPS) is 11.5. The fourth-order valence-electron chi connectivity index (χ4n) is 8.24. The van der Waals surface area contributed by atoms with E-state index in [1.807, 2.05) is 0 Å². The first-order valence-corrected chi connectivity index (χ1v) is 20.4. The van der Waals surface area contributed by atoms with Gasteiger partial charge in [0.05, 0.1) is 0 Å². The number of rotatable bonds is 6. The van der Waals surface area contributed by atoms with E-state index in [1.54, 1.807) is 0 Å². The zero-order valence-corrected chi connectivity index (χ0v) is 31.2. The molecule has 0 bridgehead atoms. The van der Waals surface area contributed by atoms with E-state index in [0.717, 1.165) is 0 Å². The zero-order chi connectivity index (χ0) is 35.1. The van der Waals surface area contributed by atoms with Crippen molar-refractivity contribution in [3.63, 3.8) is 0 Å². The van der Waals surface area contributed by atoms with Crippen LogP contribution >= 0.6 is 0 Å². The fourth-order valence-corrected chi connectivity index (χ4v) is 11.7. The Morgan fingerprint density at radius 3 is 0.679 bits per heavy atom. The van der Waals surface area contributed by atoms with E-state index in [-0.39, 0.29) is 0 Å². The van der Waals surface area contributed by atoms with E-state index in [1.165, 1.54) is 96.4 Å². The second-order valence-electron chi connectivity index (χ2n) is 13.7. The molecule has 0 saturated carbocycles. The summed E-state index contributed by atoms with van der Waals surface area (Å²) in [5.74, 6) is 0. The summed E-state index contributed by atoms with van der Waals surface area (Å²) in [5.41, 5.74) is 10.5. The monoisotopic (exact) mass is 732 g/mol. The van der Waals surface area contributed by atoms with Gasteiger partial charge in [0.15, 0.2) is 0 Å². The number of hydrogen-bond donors (Lipinski definition) is 0. The predicted molar refractivity (Wildman–Crippen MR) is 230 cm³/mol. The molecule has 0 amide bonds. The Kier molecular flexibility index (Phi) is 7.97. The molecule has 0 N–H and O–H groups in total. The summed E-state index contributed by atoms with van der Waals surface area (Å²) in [6, 6.07) is 76.4. The van der Waals surface area contributed by atoms with Gasteiger partial charge < -0.3 is 0 Å². The van der Waals surface area contributed by atoms with Crippen molar-refractivity contribution in [2.24, 2.45) is 0 Å². The Morgan fingerprint density at radius 2 is 0.396 bits per heavy atom. The van der Waals surface area contributed by atoms with Crippen LogP contribution in [0.1, 0.15) is 0 Å². The molecule has 0 atom stereocenters. The standard InChI is InChI=1S/C52H34Ge/c1-5-23-39-35(15-1)19-9-27-43(39)47-31-13-32-48(44-28-10-20-36-16-2-6-24-40(36)44)51(47)53-52-49(45-29-11-21-37-17-3-7-25-41(37)45)33-14-34-50(52)46-30-12-22-38-18-4-8-26-42(38)46/h1-34H. The van der Waals surface area contributed by atoms with Gasteiger partial charge in [0, 0.05) is 0 Å². The van der Waals surface area contributed by atoms with Crippen molar-refractivity contribution < 1.29 is 0 Å². The summed E-state index contributed by atoms with van der Waals surface area (Å²) in [5, 5.41) is 10.2. The van der Waals surface area contributed by atoms with Crippen molar-refractivity contribution >= 4 is 67.3 Å². The van der Waals surface area contributed by atoms with Crippen molar-refractivity contribution in [1.29, 1.82) is 0 Å². The molecule has 0 nitrogen and oxygen atoms in total. The summed E-state index contributed by atoms with van der Waals surface area (Å²) in [6.07, 6.45) is 0. The Labute approximate surface area is 316 Å². The zero-order valence-electron chi connectivity index (χ0n) is 29.1. The third-order valence-corrected chi connectivity index (χ3v) is 14.0. The first-order valence-electron chi connectivity index (χ1n) is 18.3. The number of fused-ring (bicyclic) bond motifs is 4. The first-order chi connectivity index (χ1) is 26.3. The second kappa shape index (κ2) is 13.4. The summed E-state index contributed by atoms with van der Waals surface area (Å²) in [6.45, 7) is 0. The molecule has 0 aliphatic heterocycles. The van der Waals surface area contributed by atoms with Crippen LogP contribution in [0.4, 0.5) is 0 Å². The van der Waals surface area contributed by atoms with Gasteiger partial charge >= 0.3 is 318 Å². The Morgan fingerprint density at radius 1 is 0.189 bits per heavy atom. The van der Waals surface area contributed by atoms with Crippen molar-refractivity contribution in [2.75, 3.05) is 0 Å². The topological polar surface area (TPSA) is 0 Å². The molecule has 53 heavy (non-hydrogen) atoms. The third-order valence-electron chi connectivity index (χ3n) is 10.7. The van der Waals surface area contributed by atoms with Crippen LogP contribution in [0.15, 0.2) is 206 Å². The summed E-state index contributed by atoms with van der Waals surface area (Å²) >= 11 is -0.997. The molecule has 0 aliphatic rings. The van der Waals surface area contributed by atoms with Crippen LogP contribution in [0.3, 0.4) is 0 Å². The second-order valence-corrected chi connectivity index (χ2v) is 16.3. The Hall–Kier alpha value is -6.22. The van der Waals surface area contributed by atoms with Crippen molar-refractivity contribution in [3.05, 3.63) is 206 Å². The molecule has 10 rings (SSSR count). The fraction of sp³-hybridized carbons (Fsp3) is 0. The van der Waals surface area contributed by atoms with Gasteiger partial charge in [-0.1, -0.05) is 0 Å². The van der Waals surface area contributed by atoms with E-state index < -0.39 is 15.4 Å². The molecular weight excluding hydrogens is 697 g/mol. The molecule has 0 fully saturated rings. The molecular formula is C52H34Ge. The van der Waals surface area contributed by atoms with Crippen molar-refractivity contribution in [2.45, 2.75) is 0 Å². The van der Waals surface area contributed by atoms with E-state index >= 15 is 0 Å². The summed E-state index contributed by atoms with van der Waals surface area (Å²) in [7, 11) is 0. The summed E-state index contributed by atoms with van der Waals surface area (Å²) in [4.78, 5) is 0. The molecule has 0 heterocycles. The number of hydrogen-bond acceptors (Lipinski definition) is 0. The van der Waals surface area contributed by atoms with Gasteiger partial charge in [0.1, 0.15) is 0 Å². The first kappa shape index (κ1) is 31.5. The molecule has 0 aliphatic carbocycles. The summed E-state index contributed by atoms with van der Waals surface area (Å²) < 4.78 is 2.91. The average Bonchev–Trinajstić information content (AvgIpc) is 3.23. The van der Waals surface area contributed by atoms with E-state index in [9.17, 15) is 0 Å². The van der Waals surface area contributed by atoms with Gasteiger partial charge in [-0.05, 0) is 0 Å². The van der Waals surface area contributed by atoms with Crippen LogP contribution in [0, 0.1) is 0 Å².